The fourth-order valence-corrected chi connectivity index (χ4v) is 3.65. The summed E-state index contributed by atoms with van der Waals surface area (Å²) in [7, 11) is 0. The zero-order valence-electron chi connectivity index (χ0n) is 13.4. The number of rotatable bonds is 5. The molecule has 2 atom stereocenters. The molecule has 4 heteroatoms. The Balaban J connectivity index is 1.64. The zero-order chi connectivity index (χ0) is 15.6. The van der Waals surface area contributed by atoms with Crippen LogP contribution in [-0.2, 0) is 6.42 Å². The van der Waals surface area contributed by atoms with Gasteiger partial charge in [-0.25, -0.2) is 0 Å². The Bertz CT molecular complexity index is 808. The van der Waals surface area contributed by atoms with Crippen molar-refractivity contribution in [3.63, 3.8) is 0 Å². The van der Waals surface area contributed by atoms with Crippen LogP contribution < -0.4 is 5.32 Å². The van der Waals surface area contributed by atoms with E-state index in [2.05, 4.69) is 57.3 Å². The average molecular weight is 306 g/mol. The number of pyridine rings is 1. The van der Waals surface area contributed by atoms with Crippen LogP contribution in [0.3, 0.4) is 0 Å². The van der Waals surface area contributed by atoms with Gasteiger partial charge in [-0.2, -0.15) is 0 Å². The number of nitrogens with one attached hydrogen (secondary N) is 1. The van der Waals surface area contributed by atoms with Gasteiger partial charge >= 0.3 is 0 Å². The second-order valence-corrected chi connectivity index (χ2v) is 6.29. The van der Waals surface area contributed by atoms with E-state index in [0.29, 0.717) is 6.04 Å². The van der Waals surface area contributed by atoms with Gasteiger partial charge in [0.15, 0.2) is 11.5 Å². The van der Waals surface area contributed by atoms with E-state index in [1.165, 1.54) is 11.1 Å². The summed E-state index contributed by atoms with van der Waals surface area (Å²) >= 11 is 0. The van der Waals surface area contributed by atoms with E-state index in [-0.39, 0.29) is 6.04 Å². The maximum absolute atomic E-state index is 4.46. The summed E-state index contributed by atoms with van der Waals surface area (Å²) in [6.07, 6.45) is 6.56. The summed E-state index contributed by atoms with van der Waals surface area (Å²) in [6, 6.07) is 15.5. The number of hydrogen-bond donors (Lipinski definition) is 1. The van der Waals surface area contributed by atoms with E-state index < -0.39 is 0 Å². The van der Waals surface area contributed by atoms with E-state index in [0.717, 1.165) is 37.2 Å². The number of fused-ring (bicyclic) bond motifs is 2. The van der Waals surface area contributed by atoms with Gasteiger partial charge in [0.2, 0.25) is 0 Å². The minimum atomic E-state index is 0.230. The Labute approximate surface area is 136 Å². The van der Waals surface area contributed by atoms with Gasteiger partial charge in [-0.3, -0.25) is 4.40 Å². The lowest BCUT2D eigenvalue weighted by Gasteiger charge is -2.22. The van der Waals surface area contributed by atoms with Crippen LogP contribution in [0.2, 0.25) is 0 Å². The third kappa shape index (κ3) is 2.63. The van der Waals surface area contributed by atoms with Gasteiger partial charge in [0.05, 0.1) is 6.04 Å². The molecule has 1 aliphatic carbocycles. The lowest BCUT2D eigenvalue weighted by Crippen LogP contribution is -2.26. The highest BCUT2D eigenvalue weighted by Crippen LogP contribution is 2.33. The molecule has 0 bridgehead atoms. The largest absolute Gasteiger partial charge is 0.300 e. The number of nitrogens with zero attached hydrogens (tertiary/aromatic N) is 3. The van der Waals surface area contributed by atoms with Crippen molar-refractivity contribution in [2.75, 3.05) is 0 Å². The van der Waals surface area contributed by atoms with E-state index in [1.54, 1.807) is 0 Å². The first-order chi connectivity index (χ1) is 11.4. The topological polar surface area (TPSA) is 42.2 Å². The molecule has 0 amide bonds. The smallest absolute Gasteiger partial charge is 0.160 e. The Morgan fingerprint density at radius 3 is 2.96 bits per heavy atom. The van der Waals surface area contributed by atoms with Gasteiger partial charge in [-0.05, 0) is 42.5 Å². The van der Waals surface area contributed by atoms with Crippen LogP contribution >= 0.6 is 0 Å². The lowest BCUT2D eigenvalue weighted by molar-refractivity contribution is 0.402. The van der Waals surface area contributed by atoms with Crippen LogP contribution in [0.25, 0.3) is 5.65 Å². The first kappa shape index (κ1) is 14.4. The van der Waals surface area contributed by atoms with Gasteiger partial charge in [0.1, 0.15) is 0 Å². The Kier molecular flexibility index (Phi) is 3.83. The van der Waals surface area contributed by atoms with Crippen LogP contribution in [0.5, 0.6) is 0 Å². The second kappa shape index (κ2) is 6.13. The molecule has 2 aromatic heterocycles. The number of hydrogen-bond acceptors (Lipinski definition) is 3. The predicted molar refractivity (Wildman–Crippen MR) is 91.3 cm³/mol. The van der Waals surface area contributed by atoms with Crippen molar-refractivity contribution in [2.24, 2.45) is 0 Å². The Hall–Kier alpha value is -2.20. The maximum Gasteiger partial charge on any atom is 0.160 e. The van der Waals surface area contributed by atoms with Gasteiger partial charge in [-0.1, -0.05) is 43.7 Å². The molecular formula is C19H22N4. The molecule has 4 nitrogen and oxygen atoms in total. The molecule has 0 spiro atoms. The first-order valence-corrected chi connectivity index (χ1v) is 8.50. The third-order valence-corrected chi connectivity index (χ3v) is 4.76. The fraction of sp³-hybridized carbons (Fsp3) is 0.368. The SMILES string of the molecule is CCC[C@H](N[C@@H]1CCc2ccccc21)c1nnc2ccccn12. The van der Waals surface area contributed by atoms with Crippen molar-refractivity contribution in [1.29, 1.82) is 0 Å². The molecule has 1 aromatic carbocycles. The minimum Gasteiger partial charge on any atom is -0.300 e. The lowest BCUT2D eigenvalue weighted by atomic mass is 10.1. The molecule has 23 heavy (non-hydrogen) atoms. The summed E-state index contributed by atoms with van der Waals surface area (Å²) < 4.78 is 2.11. The molecule has 0 fully saturated rings. The van der Waals surface area contributed by atoms with Gasteiger partial charge in [0, 0.05) is 12.2 Å². The fourth-order valence-electron chi connectivity index (χ4n) is 3.65. The van der Waals surface area contributed by atoms with Crippen molar-refractivity contribution in [3.8, 4) is 0 Å². The summed E-state index contributed by atoms with van der Waals surface area (Å²) in [6.45, 7) is 2.22. The molecule has 118 valence electrons. The molecule has 4 rings (SSSR count). The van der Waals surface area contributed by atoms with Crippen LogP contribution in [0.15, 0.2) is 48.7 Å². The van der Waals surface area contributed by atoms with Crippen LogP contribution in [-0.4, -0.2) is 14.6 Å². The quantitative estimate of drug-likeness (QED) is 0.778. The molecule has 0 radical (unpaired) electrons. The molecule has 0 unspecified atom stereocenters. The molecule has 1 N–H and O–H groups in total. The standard InChI is InChI=1S/C19H22N4/c1-2-7-17(19-22-21-18-10-5-6-13-23(18)19)20-16-12-11-14-8-3-4-9-15(14)16/h3-6,8-10,13,16-17,20H,2,7,11-12H2,1H3/t16-,17+/m1/s1. The molecule has 0 aliphatic heterocycles. The van der Waals surface area contributed by atoms with Gasteiger partial charge < -0.3 is 5.32 Å². The van der Waals surface area contributed by atoms with Crippen molar-refractivity contribution in [3.05, 3.63) is 65.6 Å². The van der Waals surface area contributed by atoms with E-state index >= 15 is 0 Å². The average Bonchev–Trinajstić information content (AvgIpc) is 3.19. The second-order valence-electron chi connectivity index (χ2n) is 6.29. The van der Waals surface area contributed by atoms with E-state index in [1.807, 2.05) is 18.2 Å². The molecule has 0 saturated carbocycles. The molecule has 0 saturated heterocycles. The molecule has 2 heterocycles. The van der Waals surface area contributed by atoms with Gasteiger partial charge in [-0.15, -0.1) is 10.2 Å². The molecule has 1 aliphatic rings. The van der Waals surface area contributed by atoms with Crippen LogP contribution in [0.1, 0.15) is 55.2 Å². The van der Waals surface area contributed by atoms with Crippen molar-refractivity contribution >= 4 is 5.65 Å². The molecular weight excluding hydrogens is 284 g/mol. The maximum atomic E-state index is 4.46. The normalized spacial score (nSPS) is 18.2. The van der Waals surface area contributed by atoms with Crippen molar-refractivity contribution < 1.29 is 0 Å². The highest BCUT2D eigenvalue weighted by molar-refractivity contribution is 5.38. The first-order valence-electron chi connectivity index (χ1n) is 8.50. The van der Waals surface area contributed by atoms with Crippen molar-refractivity contribution in [1.82, 2.24) is 19.9 Å². The van der Waals surface area contributed by atoms with Crippen LogP contribution in [0, 0.1) is 0 Å². The summed E-state index contributed by atoms with van der Waals surface area (Å²) in [5, 5.41) is 12.6. The monoisotopic (exact) mass is 306 g/mol. The predicted octanol–water partition coefficient (Wildman–Crippen LogP) is 3.85. The van der Waals surface area contributed by atoms with Crippen LogP contribution in [0.4, 0.5) is 0 Å². The Morgan fingerprint density at radius 1 is 1.17 bits per heavy atom. The number of benzene rings is 1. The highest BCUT2D eigenvalue weighted by Gasteiger charge is 2.26. The Morgan fingerprint density at radius 2 is 2.04 bits per heavy atom. The number of aromatic nitrogens is 3. The zero-order valence-corrected chi connectivity index (χ0v) is 13.4. The van der Waals surface area contributed by atoms with E-state index in [4.69, 9.17) is 0 Å². The molecule has 3 aromatic rings. The third-order valence-electron chi connectivity index (χ3n) is 4.76. The summed E-state index contributed by atoms with van der Waals surface area (Å²) in [5.74, 6) is 1.02. The van der Waals surface area contributed by atoms with E-state index in [9.17, 15) is 0 Å². The summed E-state index contributed by atoms with van der Waals surface area (Å²) in [4.78, 5) is 0. The summed E-state index contributed by atoms with van der Waals surface area (Å²) in [5.41, 5.74) is 3.84. The minimum absolute atomic E-state index is 0.230. The van der Waals surface area contributed by atoms with Gasteiger partial charge in [0.25, 0.3) is 0 Å². The van der Waals surface area contributed by atoms with Crippen molar-refractivity contribution in [2.45, 2.75) is 44.7 Å². The highest BCUT2D eigenvalue weighted by atomic mass is 15.3. The number of aryl methyl sites for hydroxylation is 1.